The minimum absolute atomic E-state index is 0.0228. The quantitative estimate of drug-likeness (QED) is 0.218. The number of phenolic OH excluding ortho intramolecular Hbond substituents is 1. The molecule has 0 amide bonds. The van der Waals surface area contributed by atoms with E-state index in [1.807, 2.05) is 30.6 Å². The second-order valence-electron chi connectivity index (χ2n) is 6.02. The third kappa shape index (κ3) is 4.27. The highest BCUT2D eigenvalue weighted by molar-refractivity contribution is 7.98. The van der Waals surface area contributed by atoms with Crippen molar-refractivity contribution in [3.63, 3.8) is 0 Å². The summed E-state index contributed by atoms with van der Waals surface area (Å²) in [6.45, 7) is 0. The van der Waals surface area contributed by atoms with Gasteiger partial charge in [-0.1, -0.05) is 11.8 Å². The molecule has 0 aliphatic carbocycles. The van der Waals surface area contributed by atoms with Gasteiger partial charge in [-0.05, 0) is 23.9 Å². The van der Waals surface area contributed by atoms with Crippen molar-refractivity contribution in [3.05, 3.63) is 29.9 Å². The maximum absolute atomic E-state index is 10.4. The number of thioether (sulfide) groups is 1. The fourth-order valence-corrected chi connectivity index (χ4v) is 3.84. The van der Waals surface area contributed by atoms with E-state index in [1.165, 1.54) is 34.6 Å². The molecule has 4 rings (SSSR count). The molecule has 0 fully saturated rings. The van der Waals surface area contributed by atoms with Crippen molar-refractivity contribution in [2.75, 3.05) is 25.3 Å². The van der Waals surface area contributed by atoms with Crippen LogP contribution in [-0.4, -0.2) is 44.8 Å². The third-order valence-electron chi connectivity index (χ3n) is 3.84. The average molecular weight is 458 g/mol. The molecule has 0 saturated carbocycles. The van der Waals surface area contributed by atoms with Gasteiger partial charge in [-0.25, -0.2) is 15.0 Å². The van der Waals surface area contributed by atoms with Crippen molar-refractivity contribution in [1.29, 1.82) is 0 Å². The molecule has 3 aromatic heterocycles. The largest absolute Gasteiger partial charge is 0.506 e. The summed E-state index contributed by atoms with van der Waals surface area (Å²) < 4.78 is 4.29. The number of phenols is 1. The zero-order valence-corrected chi connectivity index (χ0v) is 18.5. The van der Waals surface area contributed by atoms with E-state index in [0.717, 1.165) is 0 Å². The number of rotatable bonds is 6. The van der Waals surface area contributed by atoms with Crippen molar-refractivity contribution >= 4 is 72.9 Å². The molecular weight excluding hydrogens is 442 g/mol. The second-order valence-corrected chi connectivity index (χ2v) is 8.42. The van der Waals surface area contributed by atoms with Gasteiger partial charge in [0.1, 0.15) is 17.1 Å². The molecule has 13 heteroatoms. The number of hydrogen-bond donors (Lipinski definition) is 1. The normalized spacial score (nSPS) is 11.8. The summed E-state index contributed by atoms with van der Waals surface area (Å²) in [6, 6.07) is 3.19. The highest BCUT2D eigenvalue weighted by atomic mass is 32.2. The highest BCUT2D eigenvalue weighted by Gasteiger charge is 2.13. The monoisotopic (exact) mass is 457 g/mol. The molecule has 4 aromatic rings. The predicted molar refractivity (Wildman–Crippen MR) is 120 cm³/mol. The predicted octanol–water partition coefficient (Wildman–Crippen LogP) is 5.87. The standard InChI is InChI=1S/C17H15N9OS3/c1-26(2)12-7-13(27)11(6-10(12)21-24-17-18-4-5-29-17)22-23-15-9-8-19-16(28-3)20-14(9)25-30-15/h4-8,27H,1-3H3. The second kappa shape index (κ2) is 8.77. The first-order chi connectivity index (χ1) is 14.5. The van der Waals surface area contributed by atoms with Crippen molar-refractivity contribution < 1.29 is 5.11 Å². The van der Waals surface area contributed by atoms with Crippen molar-refractivity contribution in [2.24, 2.45) is 20.5 Å². The molecule has 0 spiro atoms. The number of anilines is 1. The minimum atomic E-state index is -0.0228. The zero-order chi connectivity index (χ0) is 21.1. The fourth-order valence-electron chi connectivity index (χ4n) is 2.42. The van der Waals surface area contributed by atoms with Gasteiger partial charge in [0.15, 0.2) is 15.8 Å². The average Bonchev–Trinajstić information content (AvgIpc) is 3.40. The zero-order valence-electron chi connectivity index (χ0n) is 16.1. The van der Waals surface area contributed by atoms with Crippen LogP contribution in [0.15, 0.2) is 55.5 Å². The van der Waals surface area contributed by atoms with E-state index >= 15 is 0 Å². The lowest BCUT2D eigenvalue weighted by Gasteiger charge is -2.15. The Labute approximate surface area is 183 Å². The van der Waals surface area contributed by atoms with Gasteiger partial charge in [-0.15, -0.1) is 31.8 Å². The van der Waals surface area contributed by atoms with Crippen LogP contribution in [0.3, 0.4) is 0 Å². The first kappa shape index (κ1) is 20.3. The summed E-state index contributed by atoms with van der Waals surface area (Å²) in [6.07, 6.45) is 5.24. The number of hydrogen-bond acceptors (Lipinski definition) is 13. The number of nitrogens with zero attached hydrogens (tertiary/aromatic N) is 9. The van der Waals surface area contributed by atoms with Crippen LogP contribution in [0.4, 0.5) is 27.2 Å². The van der Waals surface area contributed by atoms with Crippen molar-refractivity contribution in [2.45, 2.75) is 5.16 Å². The van der Waals surface area contributed by atoms with E-state index < -0.39 is 0 Å². The Morgan fingerprint density at radius 2 is 1.90 bits per heavy atom. The van der Waals surface area contributed by atoms with Crippen LogP contribution in [0.25, 0.3) is 11.0 Å². The molecule has 3 heterocycles. The van der Waals surface area contributed by atoms with E-state index in [-0.39, 0.29) is 11.4 Å². The van der Waals surface area contributed by atoms with E-state index in [1.54, 1.807) is 24.5 Å². The van der Waals surface area contributed by atoms with Crippen LogP contribution in [0, 0.1) is 0 Å². The molecule has 0 unspecified atom stereocenters. The molecule has 0 aliphatic heterocycles. The number of aromatic nitrogens is 4. The van der Waals surface area contributed by atoms with Gasteiger partial charge in [0.05, 0.1) is 11.1 Å². The summed E-state index contributed by atoms with van der Waals surface area (Å²) in [7, 11) is 3.70. The van der Waals surface area contributed by atoms with Crippen LogP contribution in [0.5, 0.6) is 5.75 Å². The molecule has 152 valence electrons. The SMILES string of the molecule is CSc1ncc2c(N=Nc3cc(N=Nc4nccs4)c(N(C)C)cc3O)snc2n1. The Morgan fingerprint density at radius 3 is 2.63 bits per heavy atom. The van der Waals surface area contributed by atoms with E-state index in [9.17, 15) is 5.11 Å². The molecule has 0 radical (unpaired) electrons. The summed E-state index contributed by atoms with van der Waals surface area (Å²) in [5.74, 6) is -0.0228. The highest BCUT2D eigenvalue weighted by Crippen LogP contribution is 2.41. The van der Waals surface area contributed by atoms with Crippen LogP contribution < -0.4 is 4.90 Å². The number of aromatic hydroxyl groups is 1. The summed E-state index contributed by atoms with van der Waals surface area (Å²) in [5.41, 5.74) is 2.05. The lowest BCUT2D eigenvalue weighted by atomic mass is 10.2. The van der Waals surface area contributed by atoms with E-state index in [0.29, 0.717) is 37.7 Å². The minimum Gasteiger partial charge on any atom is -0.506 e. The molecule has 10 nitrogen and oxygen atoms in total. The third-order valence-corrected chi connectivity index (χ3v) is 5.80. The van der Waals surface area contributed by atoms with E-state index in [4.69, 9.17) is 0 Å². The Hall–Kier alpha value is -3.03. The summed E-state index contributed by atoms with van der Waals surface area (Å²) in [5, 5.41) is 31.5. The molecule has 0 saturated heterocycles. The number of azo groups is 2. The van der Waals surface area contributed by atoms with Gasteiger partial charge in [-0.2, -0.15) is 4.37 Å². The number of thiazole rings is 1. The van der Waals surface area contributed by atoms with Gasteiger partial charge in [0, 0.05) is 37.9 Å². The van der Waals surface area contributed by atoms with Gasteiger partial charge >= 0.3 is 0 Å². The Morgan fingerprint density at radius 1 is 1.07 bits per heavy atom. The smallest absolute Gasteiger partial charge is 0.229 e. The van der Waals surface area contributed by atoms with Crippen molar-refractivity contribution in [3.8, 4) is 5.75 Å². The van der Waals surface area contributed by atoms with Crippen LogP contribution in [0.2, 0.25) is 0 Å². The summed E-state index contributed by atoms with van der Waals surface area (Å²) in [4.78, 5) is 14.5. The molecule has 0 bridgehead atoms. The van der Waals surface area contributed by atoms with E-state index in [2.05, 4.69) is 39.8 Å². The van der Waals surface area contributed by atoms with Crippen LogP contribution >= 0.6 is 34.6 Å². The van der Waals surface area contributed by atoms with Gasteiger partial charge in [0.25, 0.3) is 0 Å². The number of benzene rings is 1. The van der Waals surface area contributed by atoms with Gasteiger partial charge < -0.3 is 10.0 Å². The molecule has 1 aromatic carbocycles. The molecule has 0 aliphatic rings. The van der Waals surface area contributed by atoms with Crippen LogP contribution in [0.1, 0.15) is 0 Å². The maximum Gasteiger partial charge on any atom is 0.229 e. The Balaban J connectivity index is 1.69. The number of fused-ring (bicyclic) bond motifs is 1. The molecule has 0 atom stereocenters. The first-order valence-electron chi connectivity index (χ1n) is 8.49. The van der Waals surface area contributed by atoms with Crippen LogP contribution in [-0.2, 0) is 0 Å². The lowest BCUT2D eigenvalue weighted by Crippen LogP contribution is -2.08. The molecule has 1 N–H and O–H groups in total. The molecular formula is C17H15N9OS3. The maximum atomic E-state index is 10.4. The van der Waals surface area contributed by atoms with Gasteiger partial charge in [0.2, 0.25) is 5.13 Å². The Bertz CT molecular complexity index is 1230. The fraction of sp³-hybridized carbons (Fsp3) is 0.176. The lowest BCUT2D eigenvalue weighted by molar-refractivity contribution is 0.476. The van der Waals surface area contributed by atoms with Gasteiger partial charge in [-0.3, -0.25) is 0 Å². The van der Waals surface area contributed by atoms with Crippen molar-refractivity contribution in [1.82, 2.24) is 19.3 Å². The summed E-state index contributed by atoms with van der Waals surface area (Å²) >= 11 is 3.99. The molecule has 30 heavy (non-hydrogen) atoms. The first-order valence-corrected chi connectivity index (χ1v) is 11.4. The topological polar surface area (TPSA) is 124 Å². The Kier molecular flexibility index (Phi) is 5.92.